The predicted octanol–water partition coefficient (Wildman–Crippen LogP) is 4.01. The van der Waals surface area contributed by atoms with Crippen LogP contribution in [0.25, 0.3) is 0 Å². The molecule has 3 nitrogen and oxygen atoms in total. The van der Waals surface area contributed by atoms with E-state index in [1.54, 1.807) is 7.11 Å². The Balaban J connectivity index is 2.74. The second-order valence-corrected chi connectivity index (χ2v) is 6.41. The number of methoxy groups -OCH3 is 1. The van der Waals surface area contributed by atoms with Crippen LogP contribution in [-0.4, -0.2) is 19.3 Å². The van der Waals surface area contributed by atoms with Gasteiger partial charge in [-0.25, -0.2) is 0 Å². The third kappa shape index (κ3) is 5.83. The van der Waals surface area contributed by atoms with Crippen molar-refractivity contribution >= 4 is 0 Å². The van der Waals surface area contributed by atoms with Crippen LogP contribution >= 0.6 is 0 Å². The van der Waals surface area contributed by atoms with Gasteiger partial charge >= 0.3 is 0 Å². The Bertz CT molecular complexity index is 410. The summed E-state index contributed by atoms with van der Waals surface area (Å²) in [5.74, 6) is 2.19. The van der Waals surface area contributed by atoms with Crippen molar-refractivity contribution in [2.75, 3.05) is 13.7 Å². The number of hydrogen-bond acceptors (Lipinski definition) is 3. The van der Waals surface area contributed by atoms with E-state index in [1.165, 1.54) is 5.56 Å². The van der Waals surface area contributed by atoms with E-state index in [0.29, 0.717) is 5.92 Å². The molecule has 0 saturated heterocycles. The summed E-state index contributed by atoms with van der Waals surface area (Å²) in [6.45, 7) is 12.4. The van der Waals surface area contributed by atoms with E-state index >= 15 is 0 Å². The zero-order chi connectivity index (χ0) is 15.2. The molecule has 0 spiro atoms. The molecule has 114 valence electrons. The normalized spacial score (nSPS) is 13.1. The molecule has 1 N–H and O–H groups in total. The molecular formula is C17H29NO2. The zero-order valence-electron chi connectivity index (χ0n) is 13.7. The molecule has 0 radical (unpaired) electrons. The van der Waals surface area contributed by atoms with E-state index in [9.17, 15) is 0 Å². The fourth-order valence-corrected chi connectivity index (χ4v) is 1.66. The topological polar surface area (TPSA) is 30.5 Å². The summed E-state index contributed by atoms with van der Waals surface area (Å²) in [4.78, 5) is 0. The first-order valence-electron chi connectivity index (χ1n) is 7.40. The van der Waals surface area contributed by atoms with Crippen molar-refractivity contribution in [1.82, 2.24) is 5.32 Å². The summed E-state index contributed by atoms with van der Waals surface area (Å²) >= 11 is 0. The van der Waals surface area contributed by atoms with Gasteiger partial charge in [-0.15, -0.1) is 0 Å². The molecule has 0 amide bonds. The summed E-state index contributed by atoms with van der Waals surface area (Å²) in [7, 11) is 1.68. The summed E-state index contributed by atoms with van der Waals surface area (Å²) in [6, 6.07) is 6.12. The Morgan fingerprint density at radius 3 is 2.45 bits per heavy atom. The molecule has 1 aromatic carbocycles. The Hall–Kier alpha value is -1.22. The Morgan fingerprint density at radius 2 is 1.90 bits per heavy atom. The minimum atomic E-state index is 0.109. The van der Waals surface area contributed by atoms with Crippen LogP contribution in [0.1, 0.15) is 46.6 Å². The van der Waals surface area contributed by atoms with Crippen molar-refractivity contribution < 1.29 is 9.47 Å². The van der Waals surface area contributed by atoms with Crippen molar-refractivity contribution in [3.63, 3.8) is 0 Å². The van der Waals surface area contributed by atoms with Crippen molar-refractivity contribution in [2.45, 2.75) is 53.1 Å². The molecule has 0 fully saturated rings. The smallest absolute Gasteiger partial charge is 0.161 e. The van der Waals surface area contributed by atoms with Crippen LogP contribution < -0.4 is 14.8 Å². The third-order valence-corrected chi connectivity index (χ3v) is 3.27. The highest BCUT2D eigenvalue weighted by Crippen LogP contribution is 2.28. The molecule has 0 heterocycles. The average molecular weight is 279 g/mol. The fourth-order valence-electron chi connectivity index (χ4n) is 1.66. The van der Waals surface area contributed by atoms with Crippen LogP contribution in [0.15, 0.2) is 18.2 Å². The van der Waals surface area contributed by atoms with Gasteiger partial charge in [-0.3, -0.25) is 0 Å². The van der Waals surface area contributed by atoms with E-state index in [4.69, 9.17) is 9.47 Å². The molecule has 1 unspecified atom stereocenters. The Morgan fingerprint density at radius 1 is 1.20 bits per heavy atom. The van der Waals surface area contributed by atoms with Gasteiger partial charge < -0.3 is 14.8 Å². The monoisotopic (exact) mass is 279 g/mol. The number of ether oxygens (including phenoxy) is 2. The number of nitrogens with one attached hydrogen (secondary N) is 1. The molecule has 1 rings (SSSR count). The zero-order valence-corrected chi connectivity index (χ0v) is 13.7. The predicted molar refractivity (Wildman–Crippen MR) is 84.5 cm³/mol. The highest BCUT2D eigenvalue weighted by atomic mass is 16.5. The SMILES string of the molecule is CCC(C)COc1cc(CNC(C)(C)C)ccc1OC. The van der Waals surface area contributed by atoms with Crippen LogP contribution in [0, 0.1) is 5.92 Å². The molecule has 0 aromatic heterocycles. The second-order valence-electron chi connectivity index (χ2n) is 6.41. The van der Waals surface area contributed by atoms with Crippen molar-refractivity contribution in [2.24, 2.45) is 5.92 Å². The highest BCUT2D eigenvalue weighted by molar-refractivity contribution is 5.43. The Kier molecular flexibility index (Phi) is 6.34. The standard InChI is InChI=1S/C17H29NO2/c1-7-13(2)12-20-16-10-14(8-9-15(16)19-6)11-18-17(3,4)5/h8-10,13,18H,7,11-12H2,1-6H3. The quantitative estimate of drug-likeness (QED) is 0.818. The molecule has 0 saturated carbocycles. The van der Waals surface area contributed by atoms with Gasteiger partial charge in [-0.2, -0.15) is 0 Å². The van der Waals surface area contributed by atoms with E-state index in [2.05, 4.69) is 52.1 Å². The van der Waals surface area contributed by atoms with Gasteiger partial charge in [-0.05, 0) is 44.4 Å². The van der Waals surface area contributed by atoms with Gasteiger partial charge in [0.15, 0.2) is 11.5 Å². The maximum absolute atomic E-state index is 5.90. The van der Waals surface area contributed by atoms with Crippen LogP contribution in [0.4, 0.5) is 0 Å². The first-order chi connectivity index (χ1) is 9.35. The Labute approximate surface area is 123 Å². The van der Waals surface area contributed by atoms with E-state index in [1.807, 2.05) is 6.07 Å². The van der Waals surface area contributed by atoms with Crippen LogP contribution in [-0.2, 0) is 6.54 Å². The van der Waals surface area contributed by atoms with Crippen LogP contribution in [0.3, 0.4) is 0 Å². The average Bonchev–Trinajstić information content (AvgIpc) is 2.41. The molecule has 0 aliphatic heterocycles. The number of hydrogen-bond donors (Lipinski definition) is 1. The minimum absolute atomic E-state index is 0.109. The lowest BCUT2D eigenvalue weighted by atomic mass is 10.1. The molecule has 1 aromatic rings. The lowest BCUT2D eigenvalue weighted by Crippen LogP contribution is -2.35. The van der Waals surface area contributed by atoms with Crippen molar-refractivity contribution in [1.29, 1.82) is 0 Å². The van der Waals surface area contributed by atoms with Crippen molar-refractivity contribution in [3.8, 4) is 11.5 Å². The highest BCUT2D eigenvalue weighted by Gasteiger charge is 2.11. The number of benzene rings is 1. The largest absolute Gasteiger partial charge is 0.493 e. The van der Waals surface area contributed by atoms with Gasteiger partial charge in [0.2, 0.25) is 0 Å². The van der Waals surface area contributed by atoms with Gasteiger partial charge in [-0.1, -0.05) is 26.3 Å². The van der Waals surface area contributed by atoms with Gasteiger partial charge in [0.1, 0.15) is 0 Å². The summed E-state index contributed by atoms with van der Waals surface area (Å²) in [5.41, 5.74) is 1.32. The summed E-state index contributed by atoms with van der Waals surface area (Å²) in [5, 5.41) is 3.48. The fraction of sp³-hybridized carbons (Fsp3) is 0.647. The van der Waals surface area contributed by atoms with Gasteiger partial charge in [0, 0.05) is 12.1 Å². The molecule has 1 atom stereocenters. The third-order valence-electron chi connectivity index (χ3n) is 3.27. The van der Waals surface area contributed by atoms with Gasteiger partial charge in [0.25, 0.3) is 0 Å². The summed E-state index contributed by atoms with van der Waals surface area (Å²) < 4.78 is 11.3. The number of rotatable bonds is 7. The molecule has 0 aliphatic carbocycles. The van der Waals surface area contributed by atoms with Crippen LogP contribution in [0.5, 0.6) is 11.5 Å². The lowest BCUT2D eigenvalue weighted by molar-refractivity contribution is 0.244. The first-order valence-corrected chi connectivity index (χ1v) is 7.40. The van der Waals surface area contributed by atoms with Crippen LogP contribution in [0.2, 0.25) is 0 Å². The maximum Gasteiger partial charge on any atom is 0.161 e. The maximum atomic E-state index is 5.90. The first kappa shape index (κ1) is 16.8. The molecule has 20 heavy (non-hydrogen) atoms. The molecular weight excluding hydrogens is 250 g/mol. The minimum Gasteiger partial charge on any atom is -0.493 e. The van der Waals surface area contributed by atoms with Crippen molar-refractivity contribution in [3.05, 3.63) is 23.8 Å². The summed E-state index contributed by atoms with van der Waals surface area (Å²) in [6.07, 6.45) is 1.12. The lowest BCUT2D eigenvalue weighted by Gasteiger charge is -2.21. The van der Waals surface area contributed by atoms with E-state index in [-0.39, 0.29) is 5.54 Å². The van der Waals surface area contributed by atoms with E-state index < -0.39 is 0 Å². The van der Waals surface area contributed by atoms with Gasteiger partial charge in [0.05, 0.1) is 13.7 Å². The second kappa shape index (κ2) is 7.53. The molecule has 0 bridgehead atoms. The molecule has 3 heteroatoms. The van der Waals surface area contributed by atoms with E-state index in [0.717, 1.165) is 31.1 Å². The molecule has 0 aliphatic rings.